The number of benzene rings is 2. The first-order chi connectivity index (χ1) is 15.7. The van der Waals surface area contributed by atoms with Gasteiger partial charge in [0.2, 0.25) is 5.91 Å². The molecule has 0 aromatic heterocycles. The Labute approximate surface area is 193 Å². The molecule has 2 heterocycles. The van der Waals surface area contributed by atoms with E-state index in [1.54, 1.807) is 55.5 Å². The van der Waals surface area contributed by atoms with Gasteiger partial charge in [-0.2, -0.15) is 0 Å². The van der Waals surface area contributed by atoms with Gasteiger partial charge in [-0.3, -0.25) is 30.0 Å². The van der Waals surface area contributed by atoms with Gasteiger partial charge in [0.05, 0.1) is 17.6 Å². The van der Waals surface area contributed by atoms with Crippen molar-refractivity contribution in [2.45, 2.75) is 18.6 Å². The van der Waals surface area contributed by atoms with Crippen LogP contribution < -0.4 is 16.2 Å². The summed E-state index contributed by atoms with van der Waals surface area (Å²) in [4.78, 5) is 49.0. The summed E-state index contributed by atoms with van der Waals surface area (Å²) >= 11 is 5.82. The number of carboxylic acids is 1. The quantitative estimate of drug-likeness (QED) is 0.392. The maximum Gasteiger partial charge on any atom is 0.310 e. The van der Waals surface area contributed by atoms with Crippen LogP contribution in [0.1, 0.15) is 27.6 Å². The van der Waals surface area contributed by atoms with Crippen molar-refractivity contribution in [1.82, 2.24) is 10.9 Å². The Morgan fingerprint density at radius 1 is 0.939 bits per heavy atom. The summed E-state index contributed by atoms with van der Waals surface area (Å²) < 4.78 is 5.63. The van der Waals surface area contributed by atoms with Crippen molar-refractivity contribution >= 4 is 41.0 Å². The molecule has 2 aliphatic rings. The lowest BCUT2D eigenvalue weighted by Gasteiger charge is -2.27. The first-order valence-electron chi connectivity index (χ1n) is 10.0. The average molecular weight is 470 g/mol. The lowest BCUT2D eigenvalue weighted by Crippen LogP contribution is -2.52. The number of amides is 3. The summed E-state index contributed by atoms with van der Waals surface area (Å²) in [6, 6.07) is 12.4. The highest BCUT2D eigenvalue weighted by Gasteiger charge is 2.59. The molecule has 3 amide bonds. The molecule has 2 bridgehead atoms. The summed E-state index contributed by atoms with van der Waals surface area (Å²) in [5, 5.41) is 12.7. The Balaban J connectivity index is 1.35. The number of aliphatic carboxylic acids is 1. The van der Waals surface area contributed by atoms with Crippen LogP contribution in [0.5, 0.6) is 0 Å². The van der Waals surface area contributed by atoms with E-state index in [0.29, 0.717) is 16.3 Å². The van der Waals surface area contributed by atoms with Crippen LogP contribution in [0.25, 0.3) is 0 Å². The van der Waals surface area contributed by atoms with E-state index in [4.69, 9.17) is 16.3 Å². The number of hydrazine groups is 1. The van der Waals surface area contributed by atoms with E-state index in [9.17, 15) is 24.3 Å². The van der Waals surface area contributed by atoms with Gasteiger partial charge in [-0.1, -0.05) is 23.8 Å². The van der Waals surface area contributed by atoms with Crippen molar-refractivity contribution < 1.29 is 29.0 Å². The summed E-state index contributed by atoms with van der Waals surface area (Å²) in [5.74, 6) is -4.76. The molecule has 0 unspecified atom stereocenters. The second-order valence-electron chi connectivity index (χ2n) is 7.95. The fraction of sp³-hybridized carbons (Fsp3) is 0.217. The molecule has 2 aromatic carbocycles. The van der Waals surface area contributed by atoms with Gasteiger partial charge >= 0.3 is 5.97 Å². The minimum atomic E-state index is -1.14. The van der Waals surface area contributed by atoms with E-state index in [-0.39, 0.29) is 11.5 Å². The zero-order valence-corrected chi connectivity index (χ0v) is 18.1. The maximum absolute atomic E-state index is 12.7. The Morgan fingerprint density at radius 2 is 1.55 bits per heavy atom. The molecule has 1 saturated heterocycles. The maximum atomic E-state index is 12.7. The lowest BCUT2D eigenvalue weighted by atomic mass is 9.76. The minimum Gasteiger partial charge on any atom is -0.481 e. The summed E-state index contributed by atoms with van der Waals surface area (Å²) in [6.45, 7) is 1.63. The number of anilines is 1. The molecule has 33 heavy (non-hydrogen) atoms. The van der Waals surface area contributed by atoms with Crippen LogP contribution in [0.15, 0.2) is 60.7 Å². The van der Waals surface area contributed by atoms with Gasteiger partial charge in [-0.05, 0) is 55.5 Å². The standard InChI is InChI=1S/C23H20ClN3O6/c1-23-11-10-16(33-23)17(22(31)32)18(23)21(30)27-26-20(29)13-4-8-15(9-5-13)25-19(28)12-2-6-14(24)7-3-12/h2-11,16-18H,1H3,(H,25,28)(H,26,29)(H,27,30)(H,31,32)/t16-,17+,18+,23+/m1/s1. The third-order valence-electron chi connectivity index (χ3n) is 5.72. The number of hydrogen-bond acceptors (Lipinski definition) is 5. The highest BCUT2D eigenvalue weighted by molar-refractivity contribution is 6.30. The number of rotatable bonds is 5. The molecule has 2 aliphatic heterocycles. The topological polar surface area (TPSA) is 134 Å². The van der Waals surface area contributed by atoms with Crippen LogP contribution in [0.4, 0.5) is 5.69 Å². The number of fused-ring (bicyclic) bond motifs is 2. The Bertz CT molecular complexity index is 1150. The third-order valence-corrected chi connectivity index (χ3v) is 5.97. The molecule has 10 heteroatoms. The first-order valence-corrected chi connectivity index (χ1v) is 10.4. The lowest BCUT2D eigenvalue weighted by molar-refractivity contribution is -0.147. The molecule has 0 spiro atoms. The highest BCUT2D eigenvalue weighted by atomic mass is 35.5. The summed E-state index contributed by atoms with van der Waals surface area (Å²) in [5.41, 5.74) is 4.66. The number of halogens is 1. The molecule has 170 valence electrons. The fourth-order valence-corrected chi connectivity index (χ4v) is 4.18. The van der Waals surface area contributed by atoms with Gasteiger partial charge in [-0.25, -0.2) is 0 Å². The van der Waals surface area contributed by atoms with Crippen LogP contribution in [0.3, 0.4) is 0 Å². The minimum absolute atomic E-state index is 0.227. The molecule has 0 saturated carbocycles. The number of carboxylic acid groups (broad SMARTS) is 1. The Hall–Kier alpha value is -3.69. The van der Waals surface area contributed by atoms with Crippen molar-refractivity contribution in [3.63, 3.8) is 0 Å². The molecule has 4 rings (SSSR count). The molecule has 0 aliphatic carbocycles. The predicted octanol–water partition coefficient (Wildman–Crippen LogP) is 2.40. The first kappa shape index (κ1) is 22.5. The van der Waals surface area contributed by atoms with E-state index in [0.717, 1.165) is 0 Å². The molecule has 9 nitrogen and oxygen atoms in total. The van der Waals surface area contributed by atoms with Gasteiger partial charge in [-0.15, -0.1) is 0 Å². The van der Waals surface area contributed by atoms with Gasteiger partial charge in [0.1, 0.15) is 5.92 Å². The van der Waals surface area contributed by atoms with Crippen molar-refractivity contribution in [2.24, 2.45) is 11.8 Å². The zero-order chi connectivity index (χ0) is 23.8. The van der Waals surface area contributed by atoms with E-state index in [2.05, 4.69) is 16.2 Å². The van der Waals surface area contributed by atoms with Crippen LogP contribution in [-0.2, 0) is 14.3 Å². The van der Waals surface area contributed by atoms with Crippen LogP contribution in [0.2, 0.25) is 5.02 Å². The largest absolute Gasteiger partial charge is 0.481 e. The number of carbonyl (C=O) groups is 4. The zero-order valence-electron chi connectivity index (χ0n) is 17.4. The molecule has 4 atom stereocenters. The molecule has 2 aromatic rings. The van der Waals surface area contributed by atoms with Crippen molar-refractivity contribution in [2.75, 3.05) is 5.32 Å². The van der Waals surface area contributed by atoms with Gasteiger partial charge in [0.25, 0.3) is 11.8 Å². The monoisotopic (exact) mass is 469 g/mol. The predicted molar refractivity (Wildman–Crippen MR) is 118 cm³/mol. The van der Waals surface area contributed by atoms with E-state index < -0.39 is 41.3 Å². The molecule has 4 N–H and O–H groups in total. The second kappa shape index (κ2) is 8.68. The fourth-order valence-electron chi connectivity index (χ4n) is 4.06. The Morgan fingerprint density at radius 3 is 2.18 bits per heavy atom. The van der Waals surface area contributed by atoms with Crippen LogP contribution in [-0.4, -0.2) is 40.5 Å². The second-order valence-corrected chi connectivity index (χ2v) is 8.39. The van der Waals surface area contributed by atoms with Crippen molar-refractivity contribution in [3.05, 3.63) is 76.8 Å². The molecule has 0 radical (unpaired) electrons. The van der Waals surface area contributed by atoms with Gasteiger partial charge in [0.15, 0.2) is 0 Å². The smallest absolute Gasteiger partial charge is 0.310 e. The molecular weight excluding hydrogens is 450 g/mol. The number of ether oxygens (including phenoxy) is 1. The Kier molecular flexibility index (Phi) is 5.92. The normalized spacial score (nSPS) is 24.8. The number of hydrogen-bond donors (Lipinski definition) is 4. The van der Waals surface area contributed by atoms with E-state index in [1.807, 2.05) is 0 Å². The van der Waals surface area contributed by atoms with E-state index in [1.165, 1.54) is 12.1 Å². The third kappa shape index (κ3) is 4.46. The SMILES string of the molecule is C[C@@]12C=C[C@@H](O1)[C@H](C(=O)O)[C@H]2C(=O)NNC(=O)c1ccc(NC(=O)c2ccc(Cl)cc2)cc1. The summed E-state index contributed by atoms with van der Waals surface area (Å²) in [6.07, 6.45) is 2.61. The summed E-state index contributed by atoms with van der Waals surface area (Å²) in [7, 11) is 0. The van der Waals surface area contributed by atoms with Crippen molar-refractivity contribution in [3.8, 4) is 0 Å². The van der Waals surface area contributed by atoms with Gasteiger partial charge in [0, 0.05) is 21.8 Å². The average Bonchev–Trinajstić information content (AvgIpc) is 3.32. The highest BCUT2D eigenvalue weighted by Crippen LogP contribution is 2.47. The van der Waals surface area contributed by atoms with Crippen LogP contribution in [0, 0.1) is 11.8 Å². The number of nitrogens with one attached hydrogen (secondary N) is 3. The van der Waals surface area contributed by atoms with Gasteiger partial charge < -0.3 is 15.2 Å². The molecular formula is C23H20ClN3O6. The van der Waals surface area contributed by atoms with E-state index >= 15 is 0 Å². The number of carbonyl (C=O) groups excluding carboxylic acids is 3. The van der Waals surface area contributed by atoms with Crippen molar-refractivity contribution in [1.29, 1.82) is 0 Å². The molecule has 1 fully saturated rings. The van der Waals surface area contributed by atoms with Crippen LogP contribution >= 0.6 is 11.6 Å².